The van der Waals surface area contributed by atoms with E-state index in [1.165, 1.54) is 18.2 Å². The standard InChI is InChI=1S/C17H16Cl2N2O3S/c1-25(23,24)21(15-9-13(18)8-14(19)10-15)11-17(22)20-7-6-12-4-2-3-5-16(12)20/h2-5,8-10H,6-7,11H2,1H3. The van der Waals surface area contributed by atoms with Crippen LogP contribution in [0, 0.1) is 0 Å². The van der Waals surface area contributed by atoms with Crippen molar-refractivity contribution in [2.45, 2.75) is 6.42 Å². The van der Waals surface area contributed by atoms with E-state index in [0.29, 0.717) is 16.6 Å². The van der Waals surface area contributed by atoms with E-state index in [9.17, 15) is 13.2 Å². The van der Waals surface area contributed by atoms with Crippen molar-refractivity contribution in [2.75, 3.05) is 28.6 Å². The predicted octanol–water partition coefficient (Wildman–Crippen LogP) is 3.35. The largest absolute Gasteiger partial charge is 0.310 e. The number of hydrogen-bond acceptors (Lipinski definition) is 3. The number of hydrogen-bond donors (Lipinski definition) is 0. The van der Waals surface area contributed by atoms with Crippen LogP contribution < -0.4 is 9.21 Å². The fourth-order valence-electron chi connectivity index (χ4n) is 2.89. The summed E-state index contributed by atoms with van der Waals surface area (Å²) in [6.07, 6.45) is 1.80. The summed E-state index contributed by atoms with van der Waals surface area (Å²) in [6.45, 7) is 0.218. The molecule has 0 aromatic heterocycles. The van der Waals surface area contributed by atoms with Crippen molar-refractivity contribution in [3.63, 3.8) is 0 Å². The first-order valence-electron chi connectivity index (χ1n) is 7.58. The molecule has 0 atom stereocenters. The molecule has 1 aliphatic heterocycles. The van der Waals surface area contributed by atoms with E-state index >= 15 is 0 Å². The molecule has 25 heavy (non-hydrogen) atoms. The molecule has 2 aromatic rings. The van der Waals surface area contributed by atoms with Crippen LogP contribution in [-0.4, -0.2) is 33.7 Å². The molecular weight excluding hydrogens is 383 g/mol. The molecule has 0 saturated carbocycles. The number of rotatable bonds is 4. The van der Waals surface area contributed by atoms with E-state index < -0.39 is 10.0 Å². The van der Waals surface area contributed by atoms with E-state index in [0.717, 1.165) is 28.2 Å². The summed E-state index contributed by atoms with van der Waals surface area (Å²) >= 11 is 11.9. The zero-order valence-electron chi connectivity index (χ0n) is 13.4. The van der Waals surface area contributed by atoms with Crippen molar-refractivity contribution in [1.29, 1.82) is 0 Å². The summed E-state index contributed by atoms with van der Waals surface area (Å²) < 4.78 is 25.5. The Morgan fingerprint density at radius 1 is 1.16 bits per heavy atom. The fraction of sp³-hybridized carbons (Fsp3) is 0.235. The molecule has 0 spiro atoms. The van der Waals surface area contributed by atoms with Crippen molar-refractivity contribution >= 4 is 50.5 Å². The third-order valence-electron chi connectivity index (χ3n) is 4.00. The minimum Gasteiger partial charge on any atom is -0.310 e. The Hall–Kier alpha value is -1.76. The Morgan fingerprint density at radius 2 is 1.80 bits per heavy atom. The smallest absolute Gasteiger partial charge is 0.247 e. The normalized spacial score (nSPS) is 13.6. The maximum atomic E-state index is 12.8. The van der Waals surface area contributed by atoms with Crippen LogP contribution in [0.4, 0.5) is 11.4 Å². The van der Waals surface area contributed by atoms with Gasteiger partial charge in [-0.05, 0) is 36.2 Å². The maximum Gasteiger partial charge on any atom is 0.247 e. The summed E-state index contributed by atoms with van der Waals surface area (Å²) in [4.78, 5) is 14.4. The number of halogens is 2. The molecule has 8 heteroatoms. The Balaban J connectivity index is 1.91. The molecule has 0 N–H and O–H groups in total. The SMILES string of the molecule is CS(=O)(=O)N(CC(=O)N1CCc2ccccc21)c1cc(Cl)cc(Cl)c1. The lowest BCUT2D eigenvalue weighted by Crippen LogP contribution is -2.42. The van der Waals surface area contributed by atoms with Gasteiger partial charge in [0.25, 0.3) is 0 Å². The predicted molar refractivity (Wildman–Crippen MR) is 101 cm³/mol. The van der Waals surface area contributed by atoms with Crippen LogP contribution in [-0.2, 0) is 21.2 Å². The first kappa shape index (κ1) is 18.0. The van der Waals surface area contributed by atoms with Crippen LogP contribution in [0.25, 0.3) is 0 Å². The van der Waals surface area contributed by atoms with Crippen molar-refractivity contribution < 1.29 is 13.2 Å². The molecule has 132 valence electrons. The number of para-hydroxylation sites is 1. The van der Waals surface area contributed by atoms with E-state index in [1.807, 2.05) is 24.3 Å². The lowest BCUT2D eigenvalue weighted by atomic mass is 10.2. The van der Waals surface area contributed by atoms with Gasteiger partial charge in [0.2, 0.25) is 15.9 Å². The zero-order valence-corrected chi connectivity index (χ0v) is 15.8. The maximum absolute atomic E-state index is 12.8. The average molecular weight is 399 g/mol. The molecule has 0 aliphatic carbocycles. The third-order valence-corrected chi connectivity index (χ3v) is 5.58. The second-order valence-corrected chi connectivity index (χ2v) is 8.60. The molecule has 0 saturated heterocycles. The van der Waals surface area contributed by atoms with Crippen LogP contribution in [0.15, 0.2) is 42.5 Å². The van der Waals surface area contributed by atoms with Crippen LogP contribution in [0.1, 0.15) is 5.56 Å². The highest BCUT2D eigenvalue weighted by Crippen LogP contribution is 2.30. The highest BCUT2D eigenvalue weighted by atomic mass is 35.5. The highest BCUT2D eigenvalue weighted by molar-refractivity contribution is 7.92. The van der Waals surface area contributed by atoms with Crippen molar-refractivity contribution in [3.8, 4) is 0 Å². The summed E-state index contributed by atoms with van der Waals surface area (Å²) in [6, 6.07) is 12.1. The summed E-state index contributed by atoms with van der Waals surface area (Å²) in [5, 5.41) is 0.602. The number of fused-ring (bicyclic) bond motifs is 1. The molecule has 5 nitrogen and oxygen atoms in total. The van der Waals surface area contributed by atoms with Gasteiger partial charge in [-0.1, -0.05) is 41.4 Å². The second-order valence-electron chi connectivity index (χ2n) is 5.82. The number of amides is 1. The minimum absolute atomic E-state index is 0.265. The van der Waals surface area contributed by atoms with Gasteiger partial charge in [0.05, 0.1) is 11.9 Å². The molecule has 0 fully saturated rings. The second kappa shape index (κ2) is 6.86. The molecule has 0 radical (unpaired) electrons. The summed E-state index contributed by atoms with van der Waals surface area (Å²) in [5.74, 6) is -0.300. The first-order valence-corrected chi connectivity index (χ1v) is 10.2. The molecule has 0 unspecified atom stereocenters. The number of sulfonamides is 1. The van der Waals surface area contributed by atoms with E-state index in [2.05, 4.69) is 0 Å². The minimum atomic E-state index is -3.68. The molecule has 2 aromatic carbocycles. The molecule has 1 aliphatic rings. The topological polar surface area (TPSA) is 57.7 Å². The number of carbonyl (C=O) groups excluding carboxylic acids is 1. The van der Waals surface area contributed by atoms with Crippen LogP contribution in [0.5, 0.6) is 0 Å². The van der Waals surface area contributed by atoms with Crippen LogP contribution >= 0.6 is 23.2 Å². The van der Waals surface area contributed by atoms with Crippen molar-refractivity contribution in [3.05, 3.63) is 58.1 Å². The van der Waals surface area contributed by atoms with Gasteiger partial charge < -0.3 is 4.90 Å². The lowest BCUT2D eigenvalue weighted by Gasteiger charge is -2.25. The lowest BCUT2D eigenvalue weighted by molar-refractivity contribution is -0.117. The average Bonchev–Trinajstić information content (AvgIpc) is 2.94. The molecule has 0 bridgehead atoms. The fourth-order valence-corrected chi connectivity index (χ4v) is 4.24. The van der Waals surface area contributed by atoms with E-state index in [-0.39, 0.29) is 18.1 Å². The first-order chi connectivity index (χ1) is 11.8. The Bertz CT molecular complexity index is 911. The number of anilines is 2. The molecular formula is C17H16Cl2N2O3S. The van der Waals surface area contributed by atoms with Gasteiger partial charge in [-0.15, -0.1) is 0 Å². The Labute approximate surface area is 156 Å². The van der Waals surface area contributed by atoms with Gasteiger partial charge >= 0.3 is 0 Å². The number of nitrogens with zero attached hydrogens (tertiary/aromatic N) is 2. The van der Waals surface area contributed by atoms with Gasteiger partial charge in [-0.25, -0.2) is 8.42 Å². The van der Waals surface area contributed by atoms with Gasteiger partial charge in [0.1, 0.15) is 6.54 Å². The molecule has 1 heterocycles. The quantitative estimate of drug-likeness (QED) is 0.793. The Kier molecular flexibility index (Phi) is 4.95. The van der Waals surface area contributed by atoms with Gasteiger partial charge in [-0.3, -0.25) is 9.10 Å². The van der Waals surface area contributed by atoms with E-state index in [4.69, 9.17) is 23.2 Å². The number of benzene rings is 2. The molecule has 3 rings (SSSR count). The van der Waals surface area contributed by atoms with Crippen LogP contribution in [0.3, 0.4) is 0 Å². The highest BCUT2D eigenvalue weighted by Gasteiger charge is 2.28. The third kappa shape index (κ3) is 3.92. The number of carbonyl (C=O) groups is 1. The van der Waals surface area contributed by atoms with Gasteiger partial charge in [-0.2, -0.15) is 0 Å². The van der Waals surface area contributed by atoms with E-state index in [1.54, 1.807) is 4.90 Å². The van der Waals surface area contributed by atoms with Gasteiger partial charge in [0, 0.05) is 22.3 Å². The van der Waals surface area contributed by atoms with Gasteiger partial charge in [0.15, 0.2) is 0 Å². The summed E-state index contributed by atoms with van der Waals surface area (Å²) in [7, 11) is -3.68. The molecule has 1 amide bonds. The van der Waals surface area contributed by atoms with Crippen molar-refractivity contribution in [1.82, 2.24) is 0 Å². The Morgan fingerprint density at radius 3 is 2.44 bits per heavy atom. The monoisotopic (exact) mass is 398 g/mol. The van der Waals surface area contributed by atoms with Crippen LogP contribution in [0.2, 0.25) is 10.0 Å². The summed E-state index contributed by atoms with van der Waals surface area (Å²) in [5.41, 5.74) is 2.17. The van der Waals surface area contributed by atoms with Crippen molar-refractivity contribution in [2.24, 2.45) is 0 Å². The zero-order chi connectivity index (χ0) is 18.2.